The minimum atomic E-state index is -3.35. The summed E-state index contributed by atoms with van der Waals surface area (Å²) >= 11 is 0. The first-order valence-electron chi connectivity index (χ1n) is 7.09. The topological polar surface area (TPSA) is 79.5 Å². The maximum atomic E-state index is 12.4. The van der Waals surface area contributed by atoms with Crippen molar-refractivity contribution in [3.05, 3.63) is 42.0 Å². The smallest absolute Gasteiger partial charge is 0.220 e. The van der Waals surface area contributed by atoms with Gasteiger partial charge in [-0.3, -0.25) is 4.98 Å². The lowest BCUT2D eigenvalue weighted by atomic mass is 10.2. The van der Waals surface area contributed by atoms with Gasteiger partial charge in [0.05, 0.1) is 5.69 Å². The molecule has 0 amide bonds. The van der Waals surface area contributed by atoms with Gasteiger partial charge < -0.3 is 9.42 Å². The Kier molecular flexibility index (Phi) is 4.12. The molecule has 1 aliphatic heterocycles. The zero-order chi connectivity index (χ0) is 15.6. The number of hydrogen-bond donors (Lipinski definition) is 0. The summed E-state index contributed by atoms with van der Waals surface area (Å²) < 4.78 is 31.0. The fourth-order valence-electron chi connectivity index (χ4n) is 2.62. The van der Waals surface area contributed by atoms with Crippen LogP contribution < -0.4 is 4.90 Å². The van der Waals surface area contributed by atoms with Crippen LogP contribution >= 0.6 is 0 Å². The van der Waals surface area contributed by atoms with Crippen LogP contribution in [0, 0.1) is 6.92 Å². The molecule has 0 N–H and O–H groups in total. The van der Waals surface area contributed by atoms with Crippen molar-refractivity contribution in [2.24, 2.45) is 0 Å². The van der Waals surface area contributed by atoms with Crippen LogP contribution in [0.1, 0.15) is 11.3 Å². The highest BCUT2D eigenvalue weighted by Crippen LogP contribution is 2.21. The van der Waals surface area contributed by atoms with E-state index in [1.807, 2.05) is 19.2 Å². The van der Waals surface area contributed by atoms with Crippen LogP contribution in [0.4, 0.5) is 5.69 Å². The van der Waals surface area contributed by atoms with Gasteiger partial charge in [0, 0.05) is 50.3 Å². The second-order valence-corrected chi connectivity index (χ2v) is 7.26. The average Bonchev–Trinajstić information content (AvgIpc) is 3.00. The molecule has 3 rings (SSSR count). The third kappa shape index (κ3) is 3.12. The zero-order valence-electron chi connectivity index (χ0n) is 12.3. The summed E-state index contributed by atoms with van der Waals surface area (Å²) in [5.74, 6) is -0.113. The molecule has 0 bridgehead atoms. The minimum Gasteiger partial charge on any atom is -0.369 e. The van der Waals surface area contributed by atoms with Crippen LogP contribution in [0.2, 0.25) is 0 Å². The van der Waals surface area contributed by atoms with Crippen LogP contribution in [0.3, 0.4) is 0 Å². The molecule has 1 aliphatic rings. The predicted octanol–water partition coefficient (Wildman–Crippen LogP) is 1.03. The summed E-state index contributed by atoms with van der Waals surface area (Å²) in [5, 5.41) is 3.67. The highest BCUT2D eigenvalue weighted by Gasteiger charge is 2.28. The number of pyridine rings is 1. The van der Waals surface area contributed by atoms with E-state index in [0.29, 0.717) is 31.9 Å². The van der Waals surface area contributed by atoms with E-state index in [-0.39, 0.29) is 5.75 Å². The van der Waals surface area contributed by atoms with Crippen LogP contribution in [0.5, 0.6) is 0 Å². The standard InChI is InChI=1S/C14H18N4O3S/c1-12-10-15-4-2-14(12)17-5-7-18(8-6-17)22(19,20)11-13-3-9-21-16-13/h2-4,9-10H,5-8,11H2,1H3. The Balaban J connectivity index is 1.65. The zero-order valence-corrected chi connectivity index (χ0v) is 13.2. The lowest BCUT2D eigenvalue weighted by Crippen LogP contribution is -2.49. The highest BCUT2D eigenvalue weighted by molar-refractivity contribution is 7.88. The number of aryl methyl sites for hydroxylation is 1. The van der Waals surface area contributed by atoms with E-state index >= 15 is 0 Å². The molecule has 1 fully saturated rings. The molecule has 118 valence electrons. The molecular weight excluding hydrogens is 304 g/mol. The number of sulfonamides is 1. The maximum Gasteiger partial charge on any atom is 0.220 e. The van der Waals surface area contributed by atoms with Crippen molar-refractivity contribution in [1.82, 2.24) is 14.4 Å². The van der Waals surface area contributed by atoms with Crippen molar-refractivity contribution in [2.45, 2.75) is 12.7 Å². The number of anilines is 1. The van der Waals surface area contributed by atoms with E-state index in [4.69, 9.17) is 0 Å². The Morgan fingerprint density at radius 1 is 1.23 bits per heavy atom. The van der Waals surface area contributed by atoms with Crippen LogP contribution in [-0.2, 0) is 15.8 Å². The van der Waals surface area contributed by atoms with E-state index < -0.39 is 10.0 Å². The second kappa shape index (κ2) is 6.05. The van der Waals surface area contributed by atoms with Crippen molar-refractivity contribution in [1.29, 1.82) is 0 Å². The van der Waals surface area contributed by atoms with Crippen molar-refractivity contribution >= 4 is 15.7 Å². The lowest BCUT2D eigenvalue weighted by Gasteiger charge is -2.35. The average molecular weight is 322 g/mol. The first kappa shape index (κ1) is 15.0. The lowest BCUT2D eigenvalue weighted by molar-refractivity contribution is 0.381. The molecule has 8 heteroatoms. The fraction of sp³-hybridized carbons (Fsp3) is 0.429. The first-order valence-corrected chi connectivity index (χ1v) is 8.70. The van der Waals surface area contributed by atoms with Crippen molar-refractivity contribution in [2.75, 3.05) is 31.1 Å². The number of nitrogens with zero attached hydrogens (tertiary/aromatic N) is 4. The van der Waals surface area contributed by atoms with Gasteiger partial charge in [0.15, 0.2) is 0 Å². The third-order valence-electron chi connectivity index (χ3n) is 3.78. The summed E-state index contributed by atoms with van der Waals surface area (Å²) in [6.45, 7) is 4.30. The number of piperazine rings is 1. The highest BCUT2D eigenvalue weighted by atomic mass is 32.2. The SMILES string of the molecule is Cc1cnccc1N1CCN(S(=O)(=O)Cc2ccon2)CC1. The van der Waals surface area contributed by atoms with Gasteiger partial charge in [-0.2, -0.15) is 4.31 Å². The summed E-state index contributed by atoms with van der Waals surface area (Å²) in [6, 6.07) is 3.54. The maximum absolute atomic E-state index is 12.4. The van der Waals surface area contributed by atoms with E-state index in [9.17, 15) is 8.42 Å². The van der Waals surface area contributed by atoms with E-state index in [1.165, 1.54) is 10.6 Å². The molecule has 0 unspecified atom stereocenters. The number of rotatable bonds is 4. The van der Waals surface area contributed by atoms with Gasteiger partial charge in [0.2, 0.25) is 10.0 Å². The Labute approximate surface area is 129 Å². The molecule has 0 radical (unpaired) electrons. The largest absolute Gasteiger partial charge is 0.369 e. The molecule has 0 saturated carbocycles. The second-order valence-electron chi connectivity index (χ2n) is 5.30. The predicted molar refractivity (Wildman–Crippen MR) is 81.9 cm³/mol. The monoisotopic (exact) mass is 322 g/mol. The van der Waals surface area contributed by atoms with Crippen molar-refractivity contribution in [3.8, 4) is 0 Å². The van der Waals surface area contributed by atoms with E-state index in [0.717, 1.165) is 11.3 Å². The van der Waals surface area contributed by atoms with E-state index in [2.05, 4.69) is 19.6 Å². The van der Waals surface area contributed by atoms with Crippen molar-refractivity contribution in [3.63, 3.8) is 0 Å². The first-order chi connectivity index (χ1) is 10.6. The molecule has 1 saturated heterocycles. The van der Waals surface area contributed by atoms with Gasteiger partial charge in [-0.15, -0.1) is 0 Å². The molecule has 0 aliphatic carbocycles. The van der Waals surface area contributed by atoms with Gasteiger partial charge in [-0.25, -0.2) is 8.42 Å². The molecule has 0 spiro atoms. The number of aromatic nitrogens is 2. The summed E-state index contributed by atoms with van der Waals surface area (Å²) in [7, 11) is -3.35. The third-order valence-corrected chi connectivity index (χ3v) is 5.60. The Hall–Kier alpha value is -1.93. The van der Waals surface area contributed by atoms with Crippen LogP contribution in [0.15, 0.2) is 35.3 Å². The van der Waals surface area contributed by atoms with Crippen LogP contribution in [0.25, 0.3) is 0 Å². The summed E-state index contributed by atoms with van der Waals surface area (Å²) in [4.78, 5) is 6.28. The summed E-state index contributed by atoms with van der Waals surface area (Å²) in [6.07, 6.45) is 4.97. The van der Waals surface area contributed by atoms with Gasteiger partial charge in [-0.05, 0) is 18.6 Å². The minimum absolute atomic E-state index is 0.113. The molecular formula is C14H18N4O3S. The summed E-state index contributed by atoms with van der Waals surface area (Å²) in [5.41, 5.74) is 2.65. The Bertz CT molecular complexity index is 722. The fourth-order valence-corrected chi connectivity index (χ4v) is 4.04. The van der Waals surface area contributed by atoms with Crippen molar-refractivity contribution < 1.29 is 12.9 Å². The van der Waals surface area contributed by atoms with Gasteiger partial charge in [0.25, 0.3) is 0 Å². The quantitative estimate of drug-likeness (QED) is 0.836. The van der Waals surface area contributed by atoms with Gasteiger partial charge in [0.1, 0.15) is 12.0 Å². The van der Waals surface area contributed by atoms with Gasteiger partial charge >= 0.3 is 0 Å². The molecule has 2 aromatic rings. The molecule has 7 nitrogen and oxygen atoms in total. The Morgan fingerprint density at radius 3 is 2.64 bits per heavy atom. The van der Waals surface area contributed by atoms with E-state index in [1.54, 1.807) is 12.3 Å². The number of hydrogen-bond acceptors (Lipinski definition) is 6. The molecule has 2 aromatic heterocycles. The van der Waals surface area contributed by atoms with Crippen LogP contribution in [-0.4, -0.2) is 49.0 Å². The molecule has 0 atom stereocenters. The Morgan fingerprint density at radius 2 is 2.00 bits per heavy atom. The van der Waals surface area contributed by atoms with Gasteiger partial charge in [-0.1, -0.05) is 5.16 Å². The normalized spacial score (nSPS) is 16.9. The molecule has 0 aromatic carbocycles. The molecule has 3 heterocycles. The molecule has 22 heavy (non-hydrogen) atoms.